The van der Waals surface area contributed by atoms with Crippen molar-refractivity contribution in [2.24, 2.45) is 4.36 Å². The molecule has 0 fully saturated rings. The fourth-order valence-corrected chi connectivity index (χ4v) is 5.06. The zero-order valence-electron chi connectivity index (χ0n) is 21.1. The maximum absolute atomic E-state index is 13.5. The number of benzene rings is 2. The number of nitrogens with one attached hydrogen (secondary N) is 2. The van der Waals surface area contributed by atoms with Gasteiger partial charge < -0.3 is 20.3 Å². The molecule has 3 rings (SSSR count). The summed E-state index contributed by atoms with van der Waals surface area (Å²) in [5.74, 6) is 1.08. The first kappa shape index (κ1) is 28.7. The Morgan fingerprint density at radius 2 is 1.92 bits per heavy atom. The Balaban J connectivity index is 1.60. The minimum absolute atomic E-state index is 0.172. The minimum atomic E-state index is -3.06. The van der Waals surface area contributed by atoms with Crippen molar-refractivity contribution in [3.63, 3.8) is 0 Å². The largest absolute Gasteiger partial charge is 0.492 e. The summed E-state index contributed by atoms with van der Waals surface area (Å²) in [6.07, 6.45) is 4.57. The number of anilines is 3. The molecule has 0 aliphatic rings. The number of aryl methyl sites for hydroxylation is 1. The summed E-state index contributed by atoms with van der Waals surface area (Å²) in [6.45, 7) is 2.99. The Bertz CT molecular complexity index is 1360. The minimum Gasteiger partial charge on any atom is -0.492 e. The molecule has 0 aliphatic heterocycles. The number of urea groups is 1. The van der Waals surface area contributed by atoms with E-state index in [9.17, 15) is 9.00 Å². The van der Waals surface area contributed by atoms with Crippen LogP contribution in [0.3, 0.4) is 0 Å². The molecule has 0 bridgehead atoms. The summed E-state index contributed by atoms with van der Waals surface area (Å²) in [4.78, 5) is 22.9. The fraction of sp³-hybridized carbons (Fsp3) is 0.320. The number of hydrogen-bond acceptors (Lipinski definition) is 7. The lowest BCUT2D eigenvalue weighted by atomic mass is 10.2. The molecule has 3 aromatic rings. The van der Waals surface area contributed by atoms with E-state index in [-0.39, 0.29) is 5.28 Å². The summed E-state index contributed by atoms with van der Waals surface area (Å²) >= 11 is 9.22. The van der Waals surface area contributed by atoms with Crippen LogP contribution >= 0.6 is 27.5 Å². The highest BCUT2D eigenvalue weighted by Gasteiger charge is 2.16. The van der Waals surface area contributed by atoms with Crippen molar-refractivity contribution in [3.05, 3.63) is 64.0 Å². The predicted octanol–water partition coefficient (Wildman–Crippen LogP) is 6.23. The molecule has 2 amide bonds. The van der Waals surface area contributed by atoms with Crippen molar-refractivity contribution in [2.75, 3.05) is 49.0 Å². The second kappa shape index (κ2) is 13.1. The highest BCUT2D eigenvalue weighted by molar-refractivity contribution is 9.10. The molecular weight excluding hydrogens is 580 g/mol. The number of rotatable bonds is 10. The van der Waals surface area contributed by atoms with Crippen LogP contribution in [-0.2, 0) is 9.73 Å². The number of hydrogen-bond donors (Lipinski definition) is 2. The molecule has 2 N–H and O–H groups in total. The molecule has 9 nitrogen and oxygen atoms in total. The van der Waals surface area contributed by atoms with Crippen LogP contribution in [0, 0.1) is 6.92 Å². The molecule has 37 heavy (non-hydrogen) atoms. The molecule has 1 unspecified atom stereocenters. The van der Waals surface area contributed by atoms with Crippen LogP contribution < -0.4 is 20.3 Å². The fourth-order valence-electron chi connectivity index (χ4n) is 3.32. The van der Waals surface area contributed by atoms with E-state index < -0.39 is 15.8 Å². The summed E-state index contributed by atoms with van der Waals surface area (Å²) in [7, 11) is 0.811. The Kier molecular flexibility index (Phi) is 10.1. The van der Waals surface area contributed by atoms with Crippen LogP contribution in [0.25, 0.3) is 0 Å². The highest BCUT2D eigenvalue weighted by atomic mass is 79.9. The zero-order chi connectivity index (χ0) is 27.0. The second-order valence-electron chi connectivity index (χ2n) is 8.53. The molecule has 1 atom stereocenters. The summed E-state index contributed by atoms with van der Waals surface area (Å²) < 4.78 is 24.1. The summed E-state index contributed by atoms with van der Waals surface area (Å²) in [5.41, 5.74) is 2.52. The highest BCUT2D eigenvalue weighted by Crippen LogP contribution is 2.27. The Morgan fingerprint density at radius 1 is 1.19 bits per heavy atom. The third-order valence-corrected chi connectivity index (χ3v) is 7.67. The van der Waals surface area contributed by atoms with Crippen molar-refractivity contribution in [3.8, 4) is 5.75 Å². The van der Waals surface area contributed by atoms with Crippen LogP contribution in [0.2, 0.25) is 5.28 Å². The van der Waals surface area contributed by atoms with E-state index in [1.807, 2.05) is 50.2 Å². The molecule has 0 saturated heterocycles. The first-order valence-electron chi connectivity index (χ1n) is 11.5. The standard InChI is InChI=1S/C25H30BrClN6O3S/c1-17-7-12-22(37(4,35)32-25(34)30-18-8-10-19(11-9-18)33(2)3)21(15-17)36-14-6-5-13-28-23-20(26)16-29-24(27)31-23/h7-12,15-16H,5-6,13-14H2,1-4H3,(H,30,34)(H,28,29,31). The van der Waals surface area contributed by atoms with Gasteiger partial charge in [0.15, 0.2) is 0 Å². The van der Waals surface area contributed by atoms with E-state index in [1.54, 1.807) is 24.4 Å². The van der Waals surface area contributed by atoms with Gasteiger partial charge in [-0.05, 0) is 89.3 Å². The van der Waals surface area contributed by atoms with Gasteiger partial charge in [0.1, 0.15) is 11.6 Å². The van der Waals surface area contributed by atoms with Crippen LogP contribution in [-0.4, -0.2) is 53.7 Å². The summed E-state index contributed by atoms with van der Waals surface area (Å²) in [5, 5.41) is 6.05. The number of amides is 2. The maximum atomic E-state index is 13.5. The van der Waals surface area contributed by atoms with Crippen molar-refractivity contribution in [2.45, 2.75) is 24.7 Å². The molecule has 0 saturated carbocycles. The predicted molar refractivity (Wildman–Crippen MR) is 154 cm³/mol. The molecular formula is C25H30BrClN6O3S. The van der Waals surface area contributed by atoms with Gasteiger partial charge in [0.05, 0.1) is 25.7 Å². The van der Waals surface area contributed by atoms with Gasteiger partial charge in [-0.3, -0.25) is 0 Å². The average Bonchev–Trinajstić information content (AvgIpc) is 2.83. The maximum Gasteiger partial charge on any atom is 0.353 e. The SMILES string of the molecule is Cc1ccc(S(C)(=O)=NC(=O)Nc2ccc(N(C)C)cc2)c(OCCCCNc2nc(Cl)ncc2Br)c1. The zero-order valence-corrected chi connectivity index (χ0v) is 24.3. The van der Waals surface area contributed by atoms with Gasteiger partial charge in [0.2, 0.25) is 5.28 Å². The molecule has 12 heteroatoms. The molecule has 198 valence electrons. The molecule has 1 heterocycles. The van der Waals surface area contributed by atoms with Crippen LogP contribution in [0.15, 0.2) is 62.4 Å². The number of nitrogens with zero attached hydrogens (tertiary/aromatic N) is 4. The lowest BCUT2D eigenvalue weighted by Gasteiger charge is -2.14. The van der Waals surface area contributed by atoms with Crippen LogP contribution in [0.4, 0.5) is 22.0 Å². The van der Waals surface area contributed by atoms with Crippen molar-refractivity contribution < 1.29 is 13.7 Å². The molecule has 1 aromatic heterocycles. The van der Waals surface area contributed by atoms with Crippen molar-refractivity contribution in [1.82, 2.24) is 9.97 Å². The first-order valence-corrected chi connectivity index (χ1v) is 14.6. The van der Waals surface area contributed by atoms with E-state index in [0.717, 1.165) is 28.6 Å². The summed E-state index contributed by atoms with van der Waals surface area (Å²) in [6, 6.07) is 12.0. The van der Waals surface area contributed by atoms with Gasteiger partial charge >= 0.3 is 6.03 Å². The lowest BCUT2D eigenvalue weighted by Crippen LogP contribution is -2.12. The molecule has 0 aliphatic carbocycles. The number of aromatic nitrogens is 2. The third kappa shape index (κ3) is 8.58. The average molecular weight is 610 g/mol. The van der Waals surface area contributed by atoms with E-state index >= 15 is 0 Å². The van der Waals surface area contributed by atoms with E-state index in [2.05, 4.69) is 40.9 Å². The molecule has 0 spiro atoms. The molecule has 2 aromatic carbocycles. The number of carbonyl (C=O) groups is 1. The number of unbranched alkanes of at least 4 members (excludes halogenated alkanes) is 1. The van der Waals surface area contributed by atoms with Crippen LogP contribution in [0.5, 0.6) is 5.75 Å². The lowest BCUT2D eigenvalue weighted by molar-refractivity contribution is 0.260. The van der Waals surface area contributed by atoms with E-state index in [4.69, 9.17) is 16.3 Å². The third-order valence-electron chi connectivity index (χ3n) is 5.24. The monoisotopic (exact) mass is 608 g/mol. The topological polar surface area (TPSA) is 109 Å². The first-order chi connectivity index (χ1) is 17.5. The van der Waals surface area contributed by atoms with Crippen molar-refractivity contribution >= 4 is 60.5 Å². The number of halogens is 2. The van der Waals surface area contributed by atoms with Crippen molar-refractivity contribution in [1.29, 1.82) is 0 Å². The van der Waals surface area contributed by atoms with Gasteiger partial charge in [-0.15, -0.1) is 4.36 Å². The van der Waals surface area contributed by atoms with Gasteiger partial charge in [0.25, 0.3) is 0 Å². The van der Waals surface area contributed by atoms with Gasteiger partial charge in [-0.2, -0.15) is 4.98 Å². The Labute approximate surface area is 231 Å². The Morgan fingerprint density at radius 3 is 2.62 bits per heavy atom. The second-order valence-corrected chi connectivity index (χ2v) is 12.0. The van der Waals surface area contributed by atoms with E-state index in [0.29, 0.717) is 35.3 Å². The smallest absolute Gasteiger partial charge is 0.353 e. The van der Waals surface area contributed by atoms with Crippen LogP contribution in [0.1, 0.15) is 18.4 Å². The normalized spacial score (nSPS) is 12.4. The number of carbonyl (C=O) groups excluding carboxylic acids is 1. The van der Waals surface area contributed by atoms with Gasteiger partial charge in [-0.25, -0.2) is 14.0 Å². The quantitative estimate of drug-likeness (QED) is 0.207. The molecule has 0 radical (unpaired) electrons. The van der Waals surface area contributed by atoms with Gasteiger partial charge in [0, 0.05) is 44.5 Å². The van der Waals surface area contributed by atoms with E-state index in [1.165, 1.54) is 6.26 Å². The number of ether oxygens (including phenoxy) is 1. The Hall–Kier alpha value is -2.89. The van der Waals surface area contributed by atoms with Gasteiger partial charge in [-0.1, -0.05) is 6.07 Å².